The highest BCUT2D eigenvalue weighted by molar-refractivity contribution is 7.20. The average Bonchev–Trinajstić information content (AvgIpc) is 3.33. The first kappa shape index (κ1) is 25.0. The van der Waals surface area contributed by atoms with Crippen LogP contribution in [-0.2, 0) is 9.53 Å². The Morgan fingerprint density at radius 1 is 1.08 bits per heavy atom. The number of hydrogen-bond acceptors (Lipinski definition) is 8. The van der Waals surface area contributed by atoms with Gasteiger partial charge in [-0.3, -0.25) is 9.69 Å². The molecule has 1 unspecified atom stereocenters. The van der Waals surface area contributed by atoms with Gasteiger partial charge in [0.05, 0.1) is 29.3 Å². The van der Waals surface area contributed by atoms with Gasteiger partial charge < -0.3 is 19.5 Å². The molecule has 2 saturated heterocycles. The zero-order valence-corrected chi connectivity index (χ0v) is 21.7. The molecule has 3 aromatic rings. The molecule has 2 fully saturated rings. The Hall–Kier alpha value is -2.68. The number of rotatable bonds is 9. The van der Waals surface area contributed by atoms with E-state index in [1.54, 1.807) is 0 Å². The number of nitrogens with zero attached hydrogens (tertiary/aromatic N) is 2. The van der Waals surface area contributed by atoms with E-state index in [9.17, 15) is 4.79 Å². The van der Waals surface area contributed by atoms with Gasteiger partial charge in [0.25, 0.3) is 5.19 Å². The van der Waals surface area contributed by atoms with Crippen molar-refractivity contribution in [2.24, 2.45) is 5.92 Å². The second-order valence-electron chi connectivity index (χ2n) is 9.50. The van der Waals surface area contributed by atoms with E-state index in [0.29, 0.717) is 30.5 Å². The maximum Gasteiger partial charge on any atom is 0.309 e. The molecule has 36 heavy (non-hydrogen) atoms. The number of ether oxygens (including phenoxy) is 3. The highest BCUT2D eigenvalue weighted by atomic mass is 32.1. The van der Waals surface area contributed by atoms with Gasteiger partial charge in [0.2, 0.25) is 0 Å². The van der Waals surface area contributed by atoms with Crippen LogP contribution in [0, 0.1) is 5.92 Å². The maximum atomic E-state index is 12.4. The highest BCUT2D eigenvalue weighted by Crippen LogP contribution is 2.33. The Labute approximate surface area is 216 Å². The fourth-order valence-corrected chi connectivity index (χ4v) is 6.19. The van der Waals surface area contributed by atoms with E-state index in [1.807, 2.05) is 55.5 Å². The van der Waals surface area contributed by atoms with Crippen molar-refractivity contribution in [2.45, 2.75) is 51.1 Å². The summed E-state index contributed by atoms with van der Waals surface area (Å²) in [5.74, 6) is 1.50. The second kappa shape index (κ2) is 12.0. The van der Waals surface area contributed by atoms with Crippen LogP contribution in [0.5, 0.6) is 16.7 Å². The molecule has 0 saturated carbocycles. The number of nitrogens with one attached hydrogen (secondary N) is 1. The van der Waals surface area contributed by atoms with Crippen molar-refractivity contribution in [2.75, 3.05) is 32.8 Å². The zero-order chi connectivity index (χ0) is 24.7. The largest absolute Gasteiger partial charge is 0.494 e. The first-order valence-corrected chi connectivity index (χ1v) is 13.9. The van der Waals surface area contributed by atoms with Crippen molar-refractivity contribution in [3.63, 3.8) is 0 Å². The summed E-state index contributed by atoms with van der Waals surface area (Å²) in [6.07, 6.45) is 4.95. The summed E-state index contributed by atoms with van der Waals surface area (Å²) >= 11 is 1.54. The van der Waals surface area contributed by atoms with Gasteiger partial charge in [-0.1, -0.05) is 23.5 Å². The van der Waals surface area contributed by atoms with Crippen molar-refractivity contribution in [1.82, 2.24) is 15.2 Å². The van der Waals surface area contributed by atoms with Crippen molar-refractivity contribution in [3.05, 3.63) is 48.5 Å². The number of carbonyl (C=O) groups is 1. The van der Waals surface area contributed by atoms with Crippen molar-refractivity contribution in [3.8, 4) is 16.7 Å². The Morgan fingerprint density at radius 3 is 2.64 bits per heavy atom. The summed E-state index contributed by atoms with van der Waals surface area (Å²) < 4.78 is 18.5. The SMILES string of the molecule is CCOC(=O)C1CCN(C2CCNCC2)[C@@H](CCOc2ccc(Oc3nc4ccccc4s3)cc2)C1. The third kappa shape index (κ3) is 6.17. The molecule has 2 aromatic carbocycles. The molecular weight excluding hydrogens is 474 g/mol. The molecule has 0 aliphatic carbocycles. The molecule has 1 N–H and O–H groups in total. The molecule has 0 radical (unpaired) electrons. The lowest BCUT2D eigenvalue weighted by Gasteiger charge is -2.44. The summed E-state index contributed by atoms with van der Waals surface area (Å²) in [6.45, 7) is 6.02. The van der Waals surface area contributed by atoms with Crippen LogP contribution in [0.2, 0.25) is 0 Å². The number of thiazole rings is 1. The highest BCUT2D eigenvalue weighted by Gasteiger charge is 2.36. The van der Waals surface area contributed by atoms with Gasteiger partial charge in [0.15, 0.2) is 0 Å². The molecule has 2 atom stereocenters. The number of hydrogen-bond donors (Lipinski definition) is 1. The van der Waals surface area contributed by atoms with Crippen LogP contribution in [0.1, 0.15) is 39.0 Å². The fraction of sp³-hybridized carbons (Fsp3) is 0.500. The molecular formula is C28H35N3O4S. The van der Waals surface area contributed by atoms with Gasteiger partial charge in [-0.15, -0.1) is 0 Å². The van der Waals surface area contributed by atoms with Crippen molar-refractivity contribution < 1.29 is 19.0 Å². The summed E-state index contributed by atoms with van der Waals surface area (Å²) in [6, 6.07) is 16.6. The fourth-order valence-electron chi connectivity index (χ4n) is 5.36. The van der Waals surface area contributed by atoms with Crippen LogP contribution in [0.25, 0.3) is 10.2 Å². The van der Waals surface area contributed by atoms with Gasteiger partial charge in [-0.2, -0.15) is 0 Å². The van der Waals surface area contributed by atoms with Crippen LogP contribution in [0.3, 0.4) is 0 Å². The van der Waals surface area contributed by atoms with Crippen LogP contribution in [0.15, 0.2) is 48.5 Å². The van der Waals surface area contributed by atoms with Crippen LogP contribution in [-0.4, -0.2) is 60.8 Å². The molecule has 5 rings (SSSR count). The van der Waals surface area contributed by atoms with E-state index < -0.39 is 0 Å². The van der Waals surface area contributed by atoms with E-state index in [0.717, 1.165) is 73.5 Å². The number of para-hydroxylation sites is 1. The smallest absolute Gasteiger partial charge is 0.309 e. The molecule has 2 aliphatic rings. The molecule has 7 nitrogen and oxygen atoms in total. The molecule has 192 valence electrons. The number of benzene rings is 2. The van der Waals surface area contributed by atoms with E-state index in [1.165, 1.54) is 11.3 Å². The predicted octanol–water partition coefficient (Wildman–Crippen LogP) is 5.25. The minimum atomic E-state index is -0.0444. The number of aromatic nitrogens is 1. The summed E-state index contributed by atoms with van der Waals surface area (Å²) in [5.41, 5.74) is 0.948. The minimum absolute atomic E-state index is 0.00754. The third-order valence-corrected chi connectivity index (χ3v) is 8.10. The third-order valence-electron chi connectivity index (χ3n) is 7.18. The number of piperidine rings is 2. The van der Waals surface area contributed by atoms with Crippen LogP contribution < -0.4 is 14.8 Å². The van der Waals surface area contributed by atoms with E-state index in [-0.39, 0.29) is 11.9 Å². The van der Waals surface area contributed by atoms with Crippen LogP contribution in [0.4, 0.5) is 0 Å². The normalized spacial score (nSPS) is 21.4. The number of esters is 1. The topological polar surface area (TPSA) is 72.9 Å². The first-order chi connectivity index (χ1) is 17.7. The number of carbonyl (C=O) groups excluding carboxylic acids is 1. The van der Waals surface area contributed by atoms with Crippen LogP contribution >= 0.6 is 11.3 Å². The van der Waals surface area contributed by atoms with E-state index >= 15 is 0 Å². The molecule has 0 spiro atoms. The zero-order valence-electron chi connectivity index (χ0n) is 20.9. The molecule has 3 heterocycles. The van der Waals surface area contributed by atoms with E-state index in [4.69, 9.17) is 14.2 Å². The second-order valence-corrected chi connectivity index (χ2v) is 10.5. The standard InChI is InChI=1S/C28H35N3O4S/c1-2-33-27(32)20-13-17-31(21-11-15-29-16-12-21)22(19-20)14-18-34-23-7-9-24(10-8-23)35-28-30-25-5-3-4-6-26(25)36-28/h3-10,20-22,29H,2,11-19H2,1H3/t20?,22-/m0/s1. The molecule has 0 bridgehead atoms. The predicted molar refractivity (Wildman–Crippen MR) is 142 cm³/mol. The van der Waals surface area contributed by atoms with Crippen molar-refractivity contribution in [1.29, 1.82) is 0 Å². The maximum absolute atomic E-state index is 12.4. The van der Waals surface area contributed by atoms with Crippen molar-refractivity contribution >= 4 is 27.5 Å². The quantitative estimate of drug-likeness (QED) is 0.395. The Bertz CT molecular complexity index is 1100. The molecule has 8 heteroatoms. The van der Waals surface area contributed by atoms with Gasteiger partial charge in [-0.25, -0.2) is 4.98 Å². The number of fused-ring (bicyclic) bond motifs is 1. The van der Waals surface area contributed by atoms with Gasteiger partial charge >= 0.3 is 5.97 Å². The lowest BCUT2D eigenvalue weighted by Crippen LogP contribution is -2.53. The van der Waals surface area contributed by atoms with Gasteiger partial charge in [-0.05, 0) is 95.1 Å². The Balaban J connectivity index is 1.16. The monoisotopic (exact) mass is 509 g/mol. The summed E-state index contributed by atoms with van der Waals surface area (Å²) in [5, 5.41) is 4.10. The molecule has 0 amide bonds. The van der Waals surface area contributed by atoms with Gasteiger partial charge in [0, 0.05) is 12.1 Å². The number of likely N-dealkylation sites (tertiary alicyclic amines) is 1. The lowest BCUT2D eigenvalue weighted by molar-refractivity contribution is -0.151. The first-order valence-electron chi connectivity index (χ1n) is 13.1. The molecule has 2 aliphatic heterocycles. The Kier molecular flexibility index (Phi) is 8.36. The lowest BCUT2D eigenvalue weighted by atomic mass is 9.87. The Morgan fingerprint density at radius 2 is 1.86 bits per heavy atom. The van der Waals surface area contributed by atoms with E-state index in [2.05, 4.69) is 15.2 Å². The summed E-state index contributed by atoms with van der Waals surface area (Å²) in [7, 11) is 0. The van der Waals surface area contributed by atoms with Gasteiger partial charge in [0.1, 0.15) is 11.5 Å². The molecule has 1 aromatic heterocycles. The average molecular weight is 510 g/mol. The minimum Gasteiger partial charge on any atom is -0.494 e. The summed E-state index contributed by atoms with van der Waals surface area (Å²) in [4.78, 5) is 19.6.